The number of aldehydes is 1. The number of fused-ring (bicyclic) bond motifs is 4. The summed E-state index contributed by atoms with van der Waals surface area (Å²) in [4.78, 5) is 26.1. The van der Waals surface area contributed by atoms with Crippen LogP contribution in [0, 0.1) is 0 Å². The van der Waals surface area contributed by atoms with Crippen molar-refractivity contribution in [2.24, 2.45) is 0 Å². The number of carbonyl (C=O) groups is 2. The number of rotatable bonds is 6. The Hall–Kier alpha value is -6.01. The molecule has 10 rings (SSSR count). The lowest BCUT2D eigenvalue weighted by Crippen LogP contribution is -2.46. The third-order valence-corrected chi connectivity index (χ3v) is 14.0. The van der Waals surface area contributed by atoms with Crippen LogP contribution in [0.3, 0.4) is 0 Å². The number of carbonyl (C=O) groups excluding carboxylic acids is 2. The molecule has 14 nitrogen and oxygen atoms in total. The number of aromatic nitrogens is 4. The molecule has 0 bridgehead atoms. The van der Waals surface area contributed by atoms with Crippen molar-refractivity contribution in [3.8, 4) is 0 Å². The van der Waals surface area contributed by atoms with Gasteiger partial charge in [-0.1, -0.05) is 72.8 Å². The summed E-state index contributed by atoms with van der Waals surface area (Å²) in [6.45, 7) is 7.31. The maximum atomic E-state index is 13.5. The Morgan fingerprint density at radius 1 is 0.541 bits per heavy atom. The molecule has 0 spiro atoms. The van der Waals surface area contributed by atoms with E-state index in [1.165, 1.54) is 6.07 Å². The van der Waals surface area contributed by atoms with Gasteiger partial charge in [-0.05, 0) is 59.3 Å². The van der Waals surface area contributed by atoms with Gasteiger partial charge in [-0.25, -0.2) is 16.8 Å². The monoisotopic (exact) mass is 878 g/mol. The summed E-state index contributed by atoms with van der Waals surface area (Å²) in [6, 6.07) is 34.8. The Bertz CT molecular complexity index is 3070. The molecule has 61 heavy (non-hydrogen) atoms. The smallest absolute Gasteiger partial charge is 0.253 e. The maximum Gasteiger partial charge on any atom is 0.253 e. The van der Waals surface area contributed by atoms with Gasteiger partial charge < -0.3 is 20.9 Å². The average Bonchev–Trinajstić information content (AvgIpc) is 3.95. The van der Waals surface area contributed by atoms with E-state index in [4.69, 9.17) is 0 Å². The fourth-order valence-electron chi connectivity index (χ4n) is 7.34. The summed E-state index contributed by atoms with van der Waals surface area (Å²) in [5.74, 6) is -0.104. The number of piperazine rings is 2. The highest BCUT2D eigenvalue weighted by atomic mass is 35.5. The lowest BCUT2D eigenvalue weighted by molar-refractivity contribution is 0.0735. The van der Waals surface area contributed by atoms with Crippen molar-refractivity contribution in [3.63, 3.8) is 0 Å². The molecule has 0 radical (unpaired) electrons. The van der Waals surface area contributed by atoms with Crippen LogP contribution in [0.25, 0.3) is 43.4 Å². The topological polar surface area (TPSA) is 199 Å². The molecular formula is C44H43ClN8O6S2. The van der Waals surface area contributed by atoms with Crippen molar-refractivity contribution >= 4 is 87.6 Å². The molecule has 0 unspecified atom stereocenters. The predicted molar refractivity (Wildman–Crippen MR) is 238 cm³/mol. The number of amides is 1. The molecule has 2 fully saturated rings. The zero-order chi connectivity index (χ0) is 41.7. The standard InChI is InChI=1S/C22H20N4O3S.C18H12N2O3S.C4H10N2.ClH/c27-22(26-12-10-23-11-13-26)16-8-9-19-18(14-16)21(25-24-19)30(28,29)20-7-3-5-15-4-1-2-6-17(15)20;21-11-12-8-9-16-15(10-12)18(20-19-16)24(22,23)17-7-3-5-13-4-1-2-6-14(13)17;1-2-6-4-3-5-1;/h1-9,14,23H,10-13H2,(H,24,25);1-11H,(H,19,20);5-6H,1-4H2;1H. The minimum absolute atomic E-state index is 0. The van der Waals surface area contributed by atoms with Crippen LogP contribution in [-0.4, -0.2) is 107 Å². The second-order valence-electron chi connectivity index (χ2n) is 14.2. The Morgan fingerprint density at radius 2 is 1.00 bits per heavy atom. The largest absolute Gasteiger partial charge is 0.336 e. The highest BCUT2D eigenvalue weighted by Gasteiger charge is 2.27. The van der Waals surface area contributed by atoms with Crippen molar-refractivity contribution < 1.29 is 26.4 Å². The summed E-state index contributed by atoms with van der Waals surface area (Å²) in [5.41, 5.74) is 1.86. The molecule has 1 amide bonds. The number of H-pyrrole nitrogens is 2. The van der Waals surface area contributed by atoms with Crippen LogP contribution >= 0.6 is 12.4 Å². The van der Waals surface area contributed by atoms with Crippen LogP contribution in [-0.2, 0) is 19.7 Å². The van der Waals surface area contributed by atoms with Crippen LogP contribution < -0.4 is 16.0 Å². The van der Waals surface area contributed by atoms with E-state index in [0.29, 0.717) is 63.1 Å². The first-order valence-corrected chi connectivity index (χ1v) is 22.4. The molecular weight excluding hydrogens is 836 g/mol. The first kappa shape index (κ1) is 43.1. The van der Waals surface area contributed by atoms with Crippen LogP contribution in [0.2, 0.25) is 0 Å². The van der Waals surface area contributed by atoms with Gasteiger partial charge in [0.05, 0.1) is 20.8 Å². The number of hydrogen-bond donors (Lipinski definition) is 5. The van der Waals surface area contributed by atoms with Gasteiger partial charge in [0.25, 0.3) is 5.91 Å². The second kappa shape index (κ2) is 18.7. The van der Waals surface area contributed by atoms with Crippen molar-refractivity contribution in [1.82, 2.24) is 41.2 Å². The first-order valence-electron chi connectivity index (χ1n) is 19.5. The van der Waals surface area contributed by atoms with E-state index in [2.05, 4.69) is 36.3 Å². The summed E-state index contributed by atoms with van der Waals surface area (Å²) in [6.07, 6.45) is 0.681. The lowest BCUT2D eigenvalue weighted by atomic mass is 10.1. The van der Waals surface area contributed by atoms with Crippen molar-refractivity contribution in [2.75, 3.05) is 52.4 Å². The van der Waals surface area contributed by atoms with Crippen LogP contribution in [0.4, 0.5) is 0 Å². The molecule has 0 aliphatic carbocycles. The number of halogens is 1. The zero-order valence-electron chi connectivity index (χ0n) is 32.8. The van der Waals surface area contributed by atoms with Gasteiger partial charge in [-0.3, -0.25) is 19.8 Å². The van der Waals surface area contributed by atoms with E-state index in [1.807, 2.05) is 42.5 Å². The zero-order valence-corrected chi connectivity index (χ0v) is 35.2. The van der Waals surface area contributed by atoms with Gasteiger partial charge in [-0.2, -0.15) is 10.2 Å². The third-order valence-electron chi connectivity index (χ3n) is 10.4. The Balaban J connectivity index is 0.000000162. The molecule has 4 heterocycles. The van der Waals surface area contributed by atoms with Gasteiger partial charge in [0.1, 0.15) is 6.29 Å². The molecule has 2 saturated heterocycles. The highest BCUT2D eigenvalue weighted by Crippen LogP contribution is 2.33. The van der Waals surface area contributed by atoms with Gasteiger partial charge in [0.2, 0.25) is 19.7 Å². The quantitative estimate of drug-likeness (QED) is 0.131. The average molecular weight is 879 g/mol. The summed E-state index contributed by atoms with van der Waals surface area (Å²) in [7, 11) is -7.68. The molecule has 17 heteroatoms. The van der Waals surface area contributed by atoms with Gasteiger partial charge >= 0.3 is 0 Å². The van der Waals surface area contributed by atoms with E-state index in [1.54, 1.807) is 77.7 Å². The number of nitrogens with one attached hydrogen (secondary N) is 5. The van der Waals surface area contributed by atoms with E-state index >= 15 is 0 Å². The van der Waals surface area contributed by atoms with E-state index in [9.17, 15) is 26.4 Å². The molecule has 2 aliphatic rings. The van der Waals surface area contributed by atoms with Crippen LogP contribution in [0.5, 0.6) is 0 Å². The number of benzene rings is 6. The Morgan fingerprint density at radius 3 is 1.51 bits per heavy atom. The summed E-state index contributed by atoms with van der Waals surface area (Å²) in [5, 5.41) is 27.0. The highest BCUT2D eigenvalue weighted by molar-refractivity contribution is 7.92. The molecule has 314 valence electrons. The minimum atomic E-state index is -3.87. The summed E-state index contributed by atoms with van der Waals surface area (Å²) < 4.78 is 53.4. The van der Waals surface area contributed by atoms with Gasteiger partial charge in [0.15, 0.2) is 10.1 Å². The Labute approximate surface area is 358 Å². The van der Waals surface area contributed by atoms with Crippen LogP contribution in [0.15, 0.2) is 141 Å². The molecule has 8 aromatic rings. The molecule has 0 atom stereocenters. The van der Waals surface area contributed by atoms with Crippen molar-refractivity contribution in [2.45, 2.75) is 19.8 Å². The SMILES string of the molecule is C1CNCCN1.Cl.O=C(c1ccc2n[nH]c(S(=O)(=O)c3cccc4ccccc34)c2c1)N1CCNCC1.O=Cc1ccc2n[nH]c(S(=O)(=O)c3cccc4ccccc34)c2c1. The molecule has 0 saturated carbocycles. The van der Waals surface area contributed by atoms with Crippen molar-refractivity contribution in [3.05, 3.63) is 132 Å². The van der Waals surface area contributed by atoms with Gasteiger partial charge in [-0.15, -0.1) is 12.4 Å². The molecule has 2 aromatic heterocycles. The number of sulfone groups is 2. The lowest BCUT2D eigenvalue weighted by Gasteiger charge is -2.27. The van der Waals surface area contributed by atoms with E-state index in [0.717, 1.165) is 50.0 Å². The van der Waals surface area contributed by atoms with E-state index in [-0.39, 0.29) is 38.2 Å². The first-order chi connectivity index (χ1) is 29.2. The fraction of sp³-hybridized carbons (Fsp3) is 0.182. The van der Waals surface area contributed by atoms with Crippen LogP contribution in [0.1, 0.15) is 20.7 Å². The number of aromatic amines is 2. The second-order valence-corrected chi connectivity index (χ2v) is 17.9. The minimum Gasteiger partial charge on any atom is -0.336 e. The number of nitrogens with zero attached hydrogens (tertiary/aromatic N) is 3. The third kappa shape index (κ3) is 8.91. The maximum absolute atomic E-state index is 13.5. The molecule has 6 aromatic carbocycles. The molecule has 5 N–H and O–H groups in total. The number of hydrogen-bond acceptors (Lipinski definition) is 11. The predicted octanol–water partition coefficient (Wildman–Crippen LogP) is 5.56. The van der Waals surface area contributed by atoms with E-state index < -0.39 is 19.7 Å². The normalized spacial score (nSPS) is 14.4. The summed E-state index contributed by atoms with van der Waals surface area (Å²) >= 11 is 0. The molecule has 2 aliphatic heterocycles. The fourth-order valence-corrected chi connectivity index (χ4v) is 10.5. The Kier molecular flexibility index (Phi) is 13.2. The van der Waals surface area contributed by atoms with Gasteiger partial charge in [0, 0.05) is 85.0 Å². The van der Waals surface area contributed by atoms with Crippen molar-refractivity contribution in [1.29, 1.82) is 0 Å².